The number of nitrogens with one attached hydrogen (secondary N) is 2. The molecule has 1 atom stereocenters. The predicted molar refractivity (Wildman–Crippen MR) is 97.3 cm³/mol. The van der Waals surface area contributed by atoms with Gasteiger partial charge in [-0.15, -0.1) is 11.8 Å². The molecule has 1 fully saturated rings. The van der Waals surface area contributed by atoms with E-state index >= 15 is 0 Å². The van der Waals surface area contributed by atoms with Crippen molar-refractivity contribution >= 4 is 35.2 Å². The maximum atomic E-state index is 12.6. The SMILES string of the molecule is O=C(NCC1=CCNCC1)C1CSCN1C(=O)c1ccc(Cl)cc1. The lowest BCUT2D eigenvalue weighted by Crippen LogP contribution is -2.47. The molecule has 2 aliphatic heterocycles. The van der Waals surface area contributed by atoms with Crippen LogP contribution in [-0.2, 0) is 4.79 Å². The normalized spacial score (nSPS) is 20.6. The van der Waals surface area contributed by atoms with Crippen molar-refractivity contribution in [2.75, 3.05) is 31.3 Å². The first-order valence-corrected chi connectivity index (χ1v) is 9.49. The fourth-order valence-electron chi connectivity index (χ4n) is 2.77. The van der Waals surface area contributed by atoms with Gasteiger partial charge >= 0.3 is 0 Å². The molecule has 24 heavy (non-hydrogen) atoms. The number of rotatable bonds is 4. The van der Waals surface area contributed by atoms with Crippen LogP contribution in [0.5, 0.6) is 0 Å². The Kier molecular flexibility index (Phi) is 5.81. The van der Waals surface area contributed by atoms with Gasteiger partial charge in [0.25, 0.3) is 5.91 Å². The minimum absolute atomic E-state index is 0.0817. The zero-order valence-corrected chi connectivity index (χ0v) is 14.8. The summed E-state index contributed by atoms with van der Waals surface area (Å²) in [4.78, 5) is 26.8. The van der Waals surface area contributed by atoms with Gasteiger partial charge in [0, 0.05) is 29.4 Å². The molecule has 7 heteroatoms. The van der Waals surface area contributed by atoms with Crippen LogP contribution >= 0.6 is 23.4 Å². The second-order valence-electron chi connectivity index (χ2n) is 5.83. The average molecular weight is 366 g/mol. The summed E-state index contributed by atoms with van der Waals surface area (Å²) in [7, 11) is 0. The third kappa shape index (κ3) is 4.12. The van der Waals surface area contributed by atoms with Crippen molar-refractivity contribution in [2.24, 2.45) is 0 Å². The first kappa shape index (κ1) is 17.3. The molecule has 2 amide bonds. The zero-order valence-electron chi connectivity index (χ0n) is 13.3. The molecule has 5 nitrogen and oxygen atoms in total. The molecule has 1 saturated heterocycles. The number of thioether (sulfide) groups is 1. The van der Waals surface area contributed by atoms with Crippen LogP contribution in [-0.4, -0.2) is 54.0 Å². The van der Waals surface area contributed by atoms with E-state index in [2.05, 4.69) is 16.7 Å². The molecule has 0 aliphatic carbocycles. The Labute approximate surface area is 150 Å². The number of carbonyl (C=O) groups excluding carboxylic acids is 2. The van der Waals surface area contributed by atoms with E-state index in [4.69, 9.17) is 11.6 Å². The van der Waals surface area contributed by atoms with Gasteiger partial charge in [0.2, 0.25) is 5.91 Å². The van der Waals surface area contributed by atoms with Crippen LogP contribution in [0.1, 0.15) is 16.8 Å². The second kappa shape index (κ2) is 8.05. The lowest BCUT2D eigenvalue weighted by molar-refractivity contribution is -0.124. The van der Waals surface area contributed by atoms with E-state index in [1.807, 2.05) is 0 Å². The molecule has 2 heterocycles. The van der Waals surface area contributed by atoms with Crippen molar-refractivity contribution in [2.45, 2.75) is 12.5 Å². The van der Waals surface area contributed by atoms with Crippen LogP contribution in [0.4, 0.5) is 0 Å². The molecule has 2 N–H and O–H groups in total. The molecule has 0 radical (unpaired) electrons. The van der Waals surface area contributed by atoms with E-state index in [0.29, 0.717) is 28.8 Å². The smallest absolute Gasteiger partial charge is 0.255 e. The summed E-state index contributed by atoms with van der Waals surface area (Å²) < 4.78 is 0. The van der Waals surface area contributed by atoms with Gasteiger partial charge in [0.1, 0.15) is 6.04 Å². The molecule has 3 rings (SSSR count). The number of amides is 2. The summed E-state index contributed by atoms with van der Waals surface area (Å²) >= 11 is 7.47. The lowest BCUT2D eigenvalue weighted by Gasteiger charge is -2.24. The molecular weight excluding hydrogens is 346 g/mol. The number of halogens is 1. The number of carbonyl (C=O) groups is 2. The van der Waals surface area contributed by atoms with Gasteiger partial charge in [-0.05, 0) is 37.2 Å². The highest BCUT2D eigenvalue weighted by molar-refractivity contribution is 7.99. The highest BCUT2D eigenvalue weighted by atomic mass is 35.5. The Morgan fingerprint density at radius 2 is 2.12 bits per heavy atom. The van der Waals surface area contributed by atoms with Crippen molar-refractivity contribution in [1.82, 2.24) is 15.5 Å². The quantitative estimate of drug-likeness (QED) is 0.800. The molecule has 1 aromatic carbocycles. The maximum Gasteiger partial charge on any atom is 0.255 e. The Morgan fingerprint density at radius 3 is 2.83 bits per heavy atom. The second-order valence-corrected chi connectivity index (χ2v) is 7.27. The molecule has 0 saturated carbocycles. The van der Waals surface area contributed by atoms with Crippen molar-refractivity contribution in [1.29, 1.82) is 0 Å². The first-order valence-electron chi connectivity index (χ1n) is 7.96. The summed E-state index contributed by atoms with van der Waals surface area (Å²) in [6, 6.07) is 6.36. The highest BCUT2D eigenvalue weighted by Gasteiger charge is 2.35. The van der Waals surface area contributed by atoms with E-state index in [-0.39, 0.29) is 11.8 Å². The maximum absolute atomic E-state index is 12.6. The summed E-state index contributed by atoms with van der Waals surface area (Å²) in [5.41, 5.74) is 1.80. The van der Waals surface area contributed by atoms with Gasteiger partial charge in [-0.1, -0.05) is 23.3 Å². The number of hydrogen-bond acceptors (Lipinski definition) is 4. The molecular formula is C17H20ClN3O2S. The Hall–Kier alpha value is -1.50. The number of nitrogens with zero attached hydrogens (tertiary/aromatic N) is 1. The third-order valence-electron chi connectivity index (χ3n) is 4.18. The predicted octanol–water partition coefficient (Wildman–Crippen LogP) is 1.89. The fourth-order valence-corrected chi connectivity index (χ4v) is 4.05. The van der Waals surface area contributed by atoms with E-state index in [1.54, 1.807) is 40.9 Å². The Morgan fingerprint density at radius 1 is 1.33 bits per heavy atom. The minimum atomic E-state index is -0.416. The van der Waals surface area contributed by atoms with Crippen LogP contribution < -0.4 is 10.6 Å². The number of hydrogen-bond donors (Lipinski definition) is 2. The summed E-state index contributed by atoms with van der Waals surface area (Å²) in [6.45, 7) is 2.36. The standard InChI is InChI=1S/C17H20ClN3O2S/c18-14-3-1-13(2-4-14)17(23)21-11-24-10-15(21)16(22)20-9-12-5-7-19-8-6-12/h1-5,15,19H,6-11H2,(H,20,22). The van der Waals surface area contributed by atoms with Crippen LogP contribution in [0, 0.1) is 0 Å². The van der Waals surface area contributed by atoms with Crippen LogP contribution in [0.25, 0.3) is 0 Å². The van der Waals surface area contributed by atoms with Crippen molar-refractivity contribution < 1.29 is 9.59 Å². The lowest BCUT2D eigenvalue weighted by atomic mass is 10.1. The summed E-state index contributed by atoms with van der Waals surface area (Å²) in [6.07, 6.45) is 3.07. The Balaban J connectivity index is 1.61. The van der Waals surface area contributed by atoms with E-state index in [9.17, 15) is 9.59 Å². The van der Waals surface area contributed by atoms with E-state index < -0.39 is 6.04 Å². The van der Waals surface area contributed by atoms with Crippen LogP contribution in [0.3, 0.4) is 0 Å². The van der Waals surface area contributed by atoms with Crippen molar-refractivity contribution in [3.8, 4) is 0 Å². The van der Waals surface area contributed by atoms with Gasteiger partial charge in [0.05, 0.1) is 5.88 Å². The van der Waals surface area contributed by atoms with Crippen LogP contribution in [0.2, 0.25) is 5.02 Å². The fraction of sp³-hybridized carbons (Fsp3) is 0.412. The van der Waals surface area contributed by atoms with Gasteiger partial charge in [-0.25, -0.2) is 0 Å². The first-order chi connectivity index (χ1) is 11.6. The topological polar surface area (TPSA) is 61.4 Å². The summed E-state index contributed by atoms with van der Waals surface area (Å²) in [5.74, 6) is 0.956. The Bertz CT molecular complexity index is 648. The highest BCUT2D eigenvalue weighted by Crippen LogP contribution is 2.24. The molecule has 0 spiro atoms. The molecule has 0 aromatic heterocycles. The number of benzene rings is 1. The van der Waals surface area contributed by atoms with Gasteiger partial charge in [0.15, 0.2) is 0 Å². The monoisotopic (exact) mass is 365 g/mol. The molecule has 2 aliphatic rings. The molecule has 1 unspecified atom stereocenters. The van der Waals surface area contributed by atoms with Gasteiger partial charge in [-0.3, -0.25) is 9.59 Å². The summed E-state index contributed by atoms with van der Waals surface area (Å²) in [5, 5.41) is 6.81. The van der Waals surface area contributed by atoms with E-state index in [0.717, 1.165) is 19.5 Å². The van der Waals surface area contributed by atoms with E-state index in [1.165, 1.54) is 5.57 Å². The zero-order chi connectivity index (χ0) is 16.9. The minimum Gasteiger partial charge on any atom is -0.351 e. The van der Waals surface area contributed by atoms with Crippen LogP contribution in [0.15, 0.2) is 35.9 Å². The van der Waals surface area contributed by atoms with Gasteiger partial charge in [-0.2, -0.15) is 0 Å². The molecule has 128 valence electrons. The van der Waals surface area contributed by atoms with Crippen molar-refractivity contribution in [3.05, 3.63) is 46.5 Å². The molecule has 1 aromatic rings. The third-order valence-corrected chi connectivity index (χ3v) is 5.45. The van der Waals surface area contributed by atoms with Crippen molar-refractivity contribution in [3.63, 3.8) is 0 Å². The van der Waals surface area contributed by atoms with Gasteiger partial charge < -0.3 is 15.5 Å². The average Bonchev–Trinajstić information content (AvgIpc) is 3.10. The largest absolute Gasteiger partial charge is 0.351 e. The molecule has 0 bridgehead atoms.